The van der Waals surface area contributed by atoms with Crippen molar-refractivity contribution in [3.8, 4) is 0 Å². The summed E-state index contributed by atoms with van der Waals surface area (Å²) in [6.07, 6.45) is 0.156. The number of carbonyl (C=O) groups excluding carboxylic acids is 1. The lowest BCUT2D eigenvalue weighted by molar-refractivity contribution is 0.0999. The van der Waals surface area contributed by atoms with Gasteiger partial charge in [0.25, 0.3) is 5.91 Å². The molecule has 0 saturated carbocycles. The molecule has 0 bridgehead atoms. The van der Waals surface area contributed by atoms with E-state index in [1.807, 2.05) is 41.8 Å². The zero-order chi connectivity index (χ0) is 21.6. The van der Waals surface area contributed by atoms with Crippen molar-refractivity contribution in [2.45, 2.75) is 20.0 Å². The second-order valence-electron chi connectivity index (χ2n) is 6.45. The van der Waals surface area contributed by atoms with Gasteiger partial charge in [-0.2, -0.15) is 0 Å². The standard InChI is InChI=1S/C22H25N2O4PS/c1-3-27-29(26,28-4-2)16-17-10-12-18(13-11-17)22(25)24(19-8-6-5-7-9-19)20-14-15-30-21(20)23/h5-15H,3-4,16,23H2,1-2H3. The molecule has 1 amide bonds. The number of anilines is 3. The Balaban J connectivity index is 1.88. The van der Waals surface area contributed by atoms with Crippen molar-refractivity contribution in [3.63, 3.8) is 0 Å². The van der Waals surface area contributed by atoms with Crippen LogP contribution in [0.5, 0.6) is 0 Å². The maximum Gasteiger partial charge on any atom is 0.335 e. The molecule has 3 rings (SSSR count). The van der Waals surface area contributed by atoms with Crippen LogP contribution < -0.4 is 10.6 Å². The van der Waals surface area contributed by atoms with Gasteiger partial charge in [0.2, 0.25) is 0 Å². The summed E-state index contributed by atoms with van der Waals surface area (Å²) in [6.45, 7) is 4.17. The highest BCUT2D eigenvalue weighted by molar-refractivity contribution is 7.53. The Hall–Kier alpha value is -2.44. The van der Waals surface area contributed by atoms with Gasteiger partial charge < -0.3 is 14.8 Å². The van der Waals surface area contributed by atoms with Gasteiger partial charge in [0.1, 0.15) is 5.00 Å². The average molecular weight is 444 g/mol. The van der Waals surface area contributed by atoms with Crippen molar-refractivity contribution in [1.82, 2.24) is 0 Å². The minimum atomic E-state index is -3.20. The number of carbonyl (C=O) groups is 1. The van der Waals surface area contributed by atoms with Gasteiger partial charge in [0.15, 0.2) is 0 Å². The molecule has 3 aromatic rings. The Morgan fingerprint density at radius 2 is 1.63 bits per heavy atom. The number of amides is 1. The van der Waals surface area contributed by atoms with Gasteiger partial charge in [-0.3, -0.25) is 14.3 Å². The van der Waals surface area contributed by atoms with Gasteiger partial charge in [0, 0.05) is 11.3 Å². The lowest BCUT2D eigenvalue weighted by atomic mass is 10.1. The Kier molecular flexibility index (Phi) is 7.45. The van der Waals surface area contributed by atoms with Crippen molar-refractivity contribution in [2.75, 3.05) is 23.8 Å². The van der Waals surface area contributed by atoms with Crippen molar-refractivity contribution >= 4 is 41.2 Å². The minimum absolute atomic E-state index is 0.156. The molecule has 158 valence electrons. The summed E-state index contributed by atoms with van der Waals surface area (Å²) in [5.41, 5.74) is 8.76. The first-order chi connectivity index (χ1) is 14.5. The summed E-state index contributed by atoms with van der Waals surface area (Å²) in [7, 11) is -3.20. The highest BCUT2D eigenvalue weighted by Crippen LogP contribution is 2.51. The molecule has 6 nitrogen and oxygen atoms in total. The molecule has 0 atom stereocenters. The Morgan fingerprint density at radius 1 is 1.00 bits per heavy atom. The van der Waals surface area contributed by atoms with Gasteiger partial charge in [-0.15, -0.1) is 11.3 Å². The quantitative estimate of drug-likeness (QED) is 0.405. The van der Waals surface area contributed by atoms with Crippen LogP contribution in [0.1, 0.15) is 29.8 Å². The second-order valence-corrected chi connectivity index (χ2v) is 9.45. The predicted molar refractivity (Wildman–Crippen MR) is 123 cm³/mol. The number of hydrogen-bond donors (Lipinski definition) is 1. The van der Waals surface area contributed by atoms with Gasteiger partial charge in [0.05, 0.1) is 25.1 Å². The Labute approximate surface area is 180 Å². The third kappa shape index (κ3) is 5.18. The van der Waals surface area contributed by atoms with Crippen LogP contribution in [0, 0.1) is 0 Å². The molecule has 0 unspecified atom stereocenters. The summed E-state index contributed by atoms with van der Waals surface area (Å²) in [4.78, 5) is 15.0. The fourth-order valence-corrected chi connectivity index (χ4v) is 5.39. The van der Waals surface area contributed by atoms with E-state index in [1.54, 1.807) is 43.0 Å². The van der Waals surface area contributed by atoms with E-state index >= 15 is 0 Å². The minimum Gasteiger partial charge on any atom is -0.389 e. The van der Waals surface area contributed by atoms with Crippen LogP contribution in [-0.2, 0) is 19.8 Å². The number of thiophene rings is 1. The molecule has 0 aliphatic rings. The summed E-state index contributed by atoms with van der Waals surface area (Å²) in [5, 5.41) is 2.42. The normalized spacial score (nSPS) is 11.4. The van der Waals surface area contributed by atoms with E-state index < -0.39 is 7.60 Å². The topological polar surface area (TPSA) is 81.9 Å². The van der Waals surface area contributed by atoms with E-state index in [4.69, 9.17) is 14.8 Å². The van der Waals surface area contributed by atoms with E-state index in [2.05, 4.69) is 0 Å². The smallest absolute Gasteiger partial charge is 0.335 e. The van der Waals surface area contributed by atoms with Gasteiger partial charge in [-0.25, -0.2) is 0 Å². The van der Waals surface area contributed by atoms with E-state index in [-0.39, 0.29) is 12.1 Å². The van der Waals surface area contributed by atoms with Crippen LogP contribution in [0.4, 0.5) is 16.4 Å². The van der Waals surface area contributed by atoms with Crippen molar-refractivity contribution in [2.24, 2.45) is 0 Å². The third-order valence-corrected chi connectivity index (χ3v) is 7.15. The summed E-state index contributed by atoms with van der Waals surface area (Å²) in [5.74, 6) is -0.198. The molecule has 1 heterocycles. The molecule has 0 spiro atoms. The van der Waals surface area contributed by atoms with Crippen molar-refractivity contribution in [1.29, 1.82) is 0 Å². The number of rotatable bonds is 9. The highest BCUT2D eigenvalue weighted by Gasteiger charge is 2.25. The van der Waals surface area contributed by atoms with E-state index in [0.29, 0.717) is 29.5 Å². The number of nitrogen functional groups attached to an aromatic ring is 1. The van der Waals surface area contributed by atoms with E-state index in [9.17, 15) is 9.36 Å². The molecule has 1 aromatic heterocycles. The third-order valence-electron chi connectivity index (χ3n) is 4.36. The first-order valence-electron chi connectivity index (χ1n) is 9.67. The van der Waals surface area contributed by atoms with Crippen LogP contribution in [0.3, 0.4) is 0 Å². The lowest BCUT2D eigenvalue weighted by Gasteiger charge is -2.23. The molecule has 8 heteroatoms. The molecule has 2 N–H and O–H groups in total. The van der Waals surface area contributed by atoms with Gasteiger partial charge in [-0.1, -0.05) is 30.3 Å². The second kappa shape index (κ2) is 10.0. The molecule has 2 aromatic carbocycles. The largest absolute Gasteiger partial charge is 0.389 e. The molecule has 0 saturated heterocycles. The van der Waals surface area contributed by atoms with Crippen LogP contribution in [0.15, 0.2) is 66.0 Å². The number of para-hydroxylation sites is 1. The zero-order valence-corrected chi connectivity index (χ0v) is 18.7. The number of nitrogens with two attached hydrogens (primary N) is 1. The van der Waals surface area contributed by atoms with Gasteiger partial charge >= 0.3 is 7.60 Å². The Bertz CT molecular complexity index is 1010. The fourth-order valence-electron chi connectivity index (χ4n) is 3.07. The maximum atomic E-state index is 13.4. The molecule has 0 aliphatic carbocycles. The predicted octanol–water partition coefficient (Wildman–Crippen LogP) is 6.07. The first kappa shape index (κ1) is 22.2. The van der Waals surface area contributed by atoms with Crippen molar-refractivity contribution < 1.29 is 18.4 Å². The Morgan fingerprint density at radius 3 is 2.17 bits per heavy atom. The summed E-state index contributed by atoms with van der Waals surface area (Å²) < 4.78 is 23.5. The lowest BCUT2D eigenvalue weighted by Crippen LogP contribution is -2.26. The van der Waals surface area contributed by atoms with Crippen LogP contribution >= 0.6 is 18.9 Å². The molecular formula is C22H25N2O4PS. The number of nitrogens with zero attached hydrogens (tertiary/aromatic N) is 1. The number of hydrogen-bond acceptors (Lipinski definition) is 6. The molecule has 0 radical (unpaired) electrons. The summed E-state index contributed by atoms with van der Waals surface area (Å²) in [6, 6.07) is 18.2. The SMILES string of the molecule is CCOP(=O)(Cc1ccc(C(=O)N(c2ccccc2)c2ccsc2N)cc1)OCC. The molecule has 0 fully saturated rings. The zero-order valence-electron chi connectivity index (χ0n) is 17.0. The van der Waals surface area contributed by atoms with E-state index in [0.717, 1.165) is 11.3 Å². The fraction of sp³-hybridized carbons (Fsp3) is 0.227. The van der Waals surface area contributed by atoms with Crippen LogP contribution in [-0.4, -0.2) is 19.1 Å². The average Bonchev–Trinajstić information content (AvgIpc) is 3.15. The monoisotopic (exact) mass is 444 g/mol. The van der Waals surface area contributed by atoms with Gasteiger partial charge in [-0.05, 0) is 55.1 Å². The summed E-state index contributed by atoms with van der Waals surface area (Å²) >= 11 is 1.38. The van der Waals surface area contributed by atoms with Crippen LogP contribution in [0.2, 0.25) is 0 Å². The van der Waals surface area contributed by atoms with E-state index in [1.165, 1.54) is 11.3 Å². The molecule has 30 heavy (non-hydrogen) atoms. The molecular weight excluding hydrogens is 419 g/mol. The van der Waals surface area contributed by atoms with Crippen molar-refractivity contribution in [3.05, 3.63) is 77.2 Å². The first-order valence-corrected chi connectivity index (χ1v) is 12.3. The molecule has 0 aliphatic heterocycles. The maximum absolute atomic E-state index is 13.4. The highest BCUT2D eigenvalue weighted by atomic mass is 32.1. The number of benzene rings is 2. The van der Waals surface area contributed by atoms with Crippen LogP contribution in [0.25, 0.3) is 0 Å².